The van der Waals surface area contributed by atoms with Gasteiger partial charge in [-0.3, -0.25) is 0 Å². The first-order chi connectivity index (χ1) is 7.69. The van der Waals surface area contributed by atoms with Gasteiger partial charge < -0.3 is 10.5 Å². The zero-order valence-electron chi connectivity index (χ0n) is 9.95. The molecule has 1 aliphatic rings. The van der Waals surface area contributed by atoms with Crippen molar-refractivity contribution in [2.75, 3.05) is 13.4 Å². The highest BCUT2D eigenvalue weighted by atomic mass is 32.2. The number of benzene rings is 1. The average Bonchev–Trinajstić information content (AvgIpc) is 2.76. The van der Waals surface area contributed by atoms with Crippen molar-refractivity contribution in [3.8, 4) is 5.75 Å². The molecule has 0 atom stereocenters. The molecule has 2 rings (SSSR count). The van der Waals surface area contributed by atoms with Crippen LogP contribution in [0.1, 0.15) is 31.2 Å². The molecule has 0 amide bonds. The minimum absolute atomic E-state index is 0.107. The molecule has 1 saturated carbocycles. The number of hydrogen-bond acceptors (Lipinski definition) is 3. The first-order valence-corrected chi connectivity index (χ1v) is 6.93. The van der Waals surface area contributed by atoms with Crippen molar-refractivity contribution in [3.63, 3.8) is 0 Å². The highest BCUT2D eigenvalue weighted by Gasteiger charge is 2.33. The zero-order chi connectivity index (χ0) is 11.6. The van der Waals surface area contributed by atoms with Crippen LogP contribution in [0.2, 0.25) is 0 Å². The van der Waals surface area contributed by atoms with Crippen molar-refractivity contribution in [3.05, 3.63) is 23.8 Å². The van der Waals surface area contributed by atoms with E-state index in [1.54, 1.807) is 18.9 Å². The lowest BCUT2D eigenvalue weighted by atomic mass is 9.89. The summed E-state index contributed by atoms with van der Waals surface area (Å²) in [7, 11) is 1.70. The maximum atomic E-state index is 6.49. The van der Waals surface area contributed by atoms with Crippen LogP contribution >= 0.6 is 11.8 Å². The van der Waals surface area contributed by atoms with Gasteiger partial charge in [0.2, 0.25) is 0 Å². The molecule has 0 bridgehead atoms. The lowest BCUT2D eigenvalue weighted by molar-refractivity contribution is 0.410. The normalized spacial score (nSPS) is 18.7. The van der Waals surface area contributed by atoms with Gasteiger partial charge in [-0.05, 0) is 36.8 Å². The lowest BCUT2D eigenvalue weighted by Gasteiger charge is -2.26. The molecule has 88 valence electrons. The largest absolute Gasteiger partial charge is 0.497 e. The molecule has 1 aromatic carbocycles. The number of ether oxygens (including phenoxy) is 1. The van der Waals surface area contributed by atoms with Gasteiger partial charge in [-0.15, -0.1) is 11.8 Å². The maximum absolute atomic E-state index is 6.49. The van der Waals surface area contributed by atoms with Gasteiger partial charge in [-0.1, -0.05) is 18.9 Å². The van der Waals surface area contributed by atoms with Crippen molar-refractivity contribution < 1.29 is 4.74 Å². The third-order valence-electron chi connectivity index (χ3n) is 3.44. The maximum Gasteiger partial charge on any atom is 0.119 e. The Bertz CT molecular complexity index is 372. The Morgan fingerprint density at radius 1 is 1.31 bits per heavy atom. The van der Waals surface area contributed by atoms with E-state index >= 15 is 0 Å². The SMILES string of the molecule is COc1ccc(C2(N)CCCC2)c(SC)c1. The summed E-state index contributed by atoms with van der Waals surface area (Å²) in [5.41, 5.74) is 7.68. The van der Waals surface area contributed by atoms with Gasteiger partial charge in [0.1, 0.15) is 5.75 Å². The van der Waals surface area contributed by atoms with E-state index in [9.17, 15) is 0 Å². The van der Waals surface area contributed by atoms with Crippen LogP contribution in [0.3, 0.4) is 0 Å². The van der Waals surface area contributed by atoms with Gasteiger partial charge in [0, 0.05) is 10.4 Å². The Hall–Kier alpha value is -0.670. The van der Waals surface area contributed by atoms with E-state index in [0.717, 1.165) is 18.6 Å². The molecular weight excluding hydrogens is 218 g/mol. The van der Waals surface area contributed by atoms with Gasteiger partial charge in [-0.25, -0.2) is 0 Å². The van der Waals surface area contributed by atoms with Gasteiger partial charge in [0.15, 0.2) is 0 Å². The van der Waals surface area contributed by atoms with Crippen LogP contribution in [0.25, 0.3) is 0 Å². The molecule has 0 aliphatic heterocycles. The molecule has 16 heavy (non-hydrogen) atoms. The molecule has 1 aromatic rings. The molecule has 2 N–H and O–H groups in total. The summed E-state index contributed by atoms with van der Waals surface area (Å²) in [6.45, 7) is 0. The summed E-state index contributed by atoms with van der Waals surface area (Å²) in [4.78, 5) is 1.25. The lowest BCUT2D eigenvalue weighted by Crippen LogP contribution is -2.33. The summed E-state index contributed by atoms with van der Waals surface area (Å²) in [5.74, 6) is 0.912. The number of methoxy groups -OCH3 is 1. The van der Waals surface area contributed by atoms with Gasteiger partial charge in [0.25, 0.3) is 0 Å². The average molecular weight is 237 g/mol. The number of hydrogen-bond donors (Lipinski definition) is 1. The summed E-state index contributed by atoms with van der Waals surface area (Å²) in [5, 5.41) is 0. The molecule has 0 spiro atoms. The molecule has 0 aromatic heterocycles. The summed E-state index contributed by atoms with van der Waals surface area (Å²) >= 11 is 1.75. The van der Waals surface area contributed by atoms with E-state index in [4.69, 9.17) is 10.5 Å². The quantitative estimate of drug-likeness (QED) is 0.820. The van der Waals surface area contributed by atoms with Crippen LogP contribution in [0.15, 0.2) is 23.1 Å². The third kappa shape index (κ3) is 2.06. The second-order valence-corrected chi connectivity index (χ2v) is 5.28. The van der Waals surface area contributed by atoms with Crippen molar-refractivity contribution in [1.29, 1.82) is 0 Å². The van der Waals surface area contributed by atoms with Crippen LogP contribution in [-0.4, -0.2) is 13.4 Å². The fraction of sp³-hybridized carbons (Fsp3) is 0.538. The van der Waals surface area contributed by atoms with Crippen molar-refractivity contribution in [1.82, 2.24) is 0 Å². The van der Waals surface area contributed by atoms with Crippen LogP contribution in [0.4, 0.5) is 0 Å². The Balaban J connectivity index is 2.39. The molecule has 0 unspecified atom stereocenters. The topological polar surface area (TPSA) is 35.2 Å². The monoisotopic (exact) mass is 237 g/mol. The molecule has 1 fully saturated rings. The molecule has 0 radical (unpaired) electrons. The highest BCUT2D eigenvalue weighted by Crippen LogP contribution is 2.41. The molecule has 2 nitrogen and oxygen atoms in total. The first kappa shape index (κ1) is 11.8. The molecule has 0 saturated heterocycles. The fourth-order valence-corrected chi connectivity index (χ4v) is 3.21. The summed E-state index contributed by atoms with van der Waals surface area (Å²) < 4.78 is 5.25. The standard InChI is InChI=1S/C13H19NOS/c1-15-10-5-6-11(12(9-10)16-2)13(14)7-3-4-8-13/h5-6,9H,3-4,7-8,14H2,1-2H3. The van der Waals surface area contributed by atoms with E-state index in [1.165, 1.54) is 23.3 Å². The Labute approximate surface area is 102 Å². The van der Waals surface area contributed by atoms with Crippen molar-refractivity contribution in [2.24, 2.45) is 5.73 Å². The Morgan fingerprint density at radius 3 is 2.56 bits per heavy atom. The minimum Gasteiger partial charge on any atom is -0.497 e. The Kier molecular flexibility index (Phi) is 3.45. The fourth-order valence-electron chi connectivity index (χ4n) is 2.49. The highest BCUT2D eigenvalue weighted by molar-refractivity contribution is 7.98. The van der Waals surface area contributed by atoms with E-state index < -0.39 is 0 Å². The molecule has 1 aliphatic carbocycles. The van der Waals surface area contributed by atoms with Gasteiger partial charge in [-0.2, -0.15) is 0 Å². The second kappa shape index (κ2) is 4.68. The zero-order valence-corrected chi connectivity index (χ0v) is 10.8. The smallest absolute Gasteiger partial charge is 0.119 e. The number of nitrogens with two attached hydrogens (primary N) is 1. The summed E-state index contributed by atoms with van der Waals surface area (Å²) in [6, 6.07) is 6.24. The van der Waals surface area contributed by atoms with E-state index in [-0.39, 0.29) is 5.54 Å². The second-order valence-electron chi connectivity index (χ2n) is 4.43. The van der Waals surface area contributed by atoms with Crippen molar-refractivity contribution >= 4 is 11.8 Å². The minimum atomic E-state index is -0.107. The summed E-state index contributed by atoms with van der Waals surface area (Å²) in [6.07, 6.45) is 6.79. The van der Waals surface area contributed by atoms with Crippen LogP contribution in [0.5, 0.6) is 5.75 Å². The number of rotatable bonds is 3. The van der Waals surface area contributed by atoms with Gasteiger partial charge >= 0.3 is 0 Å². The van der Waals surface area contributed by atoms with E-state index in [0.29, 0.717) is 0 Å². The predicted molar refractivity (Wildman–Crippen MR) is 69.1 cm³/mol. The van der Waals surface area contributed by atoms with Crippen LogP contribution in [-0.2, 0) is 5.54 Å². The van der Waals surface area contributed by atoms with Crippen molar-refractivity contribution in [2.45, 2.75) is 36.1 Å². The Morgan fingerprint density at radius 2 is 2.00 bits per heavy atom. The van der Waals surface area contributed by atoms with E-state index in [1.807, 2.05) is 6.07 Å². The molecule has 0 heterocycles. The predicted octanol–water partition coefficient (Wildman–Crippen LogP) is 3.15. The third-order valence-corrected chi connectivity index (χ3v) is 4.22. The van der Waals surface area contributed by atoms with Gasteiger partial charge in [0.05, 0.1) is 7.11 Å². The molecule has 3 heteroatoms. The van der Waals surface area contributed by atoms with E-state index in [2.05, 4.69) is 18.4 Å². The van der Waals surface area contributed by atoms with Crippen LogP contribution in [0, 0.1) is 0 Å². The number of thioether (sulfide) groups is 1. The van der Waals surface area contributed by atoms with Crippen LogP contribution < -0.4 is 10.5 Å². The first-order valence-electron chi connectivity index (χ1n) is 5.71. The molecular formula is C13H19NOS.